The van der Waals surface area contributed by atoms with Gasteiger partial charge >= 0.3 is 0 Å². The van der Waals surface area contributed by atoms with Crippen molar-refractivity contribution >= 4 is 15.9 Å². The van der Waals surface area contributed by atoms with Gasteiger partial charge in [0.15, 0.2) is 0 Å². The van der Waals surface area contributed by atoms with E-state index in [9.17, 15) is 0 Å². The first kappa shape index (κ1) is 11.7. The van der Waals surface area contributed by atoms with Gasteiger partial charge in [-0.15, -0.1) is 0 Å². The lowest BCUT2D eigenvalue weighted by molar-refractivity contribution is 0.161. The maximum absolute atomic E-state index is 5.94. The molecule has 1 aliphatic rings. The average Bonchev–Trinajstić information content (AvgIpc) is 2.33. The van der Waals surface area contributed by atoms with E-state index in [0.717, 1.165) is 41.9 Å². The molecular weight excluding hydrogens is 270 g/mol. The van der Waals surface area contributed by atoms with Crippen molar-refractivity contribution in [2.75, 3.05) is 20.2 Å². The molecule has 0 saturated carbocycles. The summed E-state index contributed by atoms with van der Waals surface area (Å²) in [7, 11) is 1.66. The Balaban J connectivity index is 2.03. The van der Waals surface area contributed by atoms with Gasteiger partial charge < -0.3 is 14.8 Å². The van der Waals surface area contributed by atoms with Crippen LogP contribution in [-0.4, -0.2) is 26.3 Å². The minimum absolute atomic E-state index is 0.325. The highest BCUT2D eigenvalue weighted by Gasteiger charge is 2.15. The average molecular weight is 286 g/mol. The zero-order valence-corrected chi connectivity index (χ0v) is 10.9. The molecular formula is C12H16BrNO2. The molecule has 1 aromatic carbocycles. The first-order chi connectivity index (χ1) is 7.79. The second-order valence-corrected chi connectivity index (χ2v) is 4.72. The van der Waals surface area contributed by atoms with Crippen LogP contribution in [0.25, 0.3) is 0 Å². The van der Waals surface area contributed by atoms with Crippen LogP contribution in [0.3, 0.4) is 0 Å². The van der Waals surface area contributed by atoms with E-state index in [0.29, 0.717) is 6.10 Å². The molecule has 2 rings (SSSR count). The summed E-state index contributed by atoms with van der Waals surface area (Å²) in [5, 5.41) is 3.32. The third kappa shape index (κ3) is 2.89. The number of rotatable bonds is 3. The summed E-state index contributed by atoms with van der Waals surface area (Å²) >= 11 is 3.49. The van der Waals surface area contributed by atoms with E-state index >= 15 is 0 Å². The fraction of sp³-hybridized carbons (Fsp3) is 0.500. The lowest BCUT2D eigenvalue weighted by Gasteiger charge is -2.24. The van der Waals surface area contributed by atoms with Crippen LogP contribution in [0.5, 0.6) is 11.5 Å². The zero-order chi connectivity index (χ0) is 11.4. The molecule has 1 N–H and O–H groups in total. The number of nitrogens with one attached hydrogen (secondary N) is 1. The Hall–Kier alpha value is -0.740. The highest BCUT2D eigenvalue weighted by atomic mass is 79.9. The molecule has 1 saturated heterocycles. The molecule has 0 unspecified atom stereocenters. The number of halogens is 1. The number of hydrogen-bond donors (Lipinski definition) is 1. The summed E-state index contributed by atoms with van der Waals surface area (Å²) in [6.45, 7) is 2.08. The van der Waals surface area contributed by atoms with Crippen molar-refractivity contribution in [3.8, 4) is 11.5 Å². The van der Waals surface area contributed by atoms with Gasteiger partial charge in [-0.05, 0) is 60.1 Å². The van der Waals surface area contributed by atoms with Crippen molar-refractivity contribution < 1.29 is 9.47 Å². The number of benzene rings is 1. The van der Waals surface area contributed by atoms with Crippen molar-refractivity contribution in [1.29, 1.82) is 0 Å². The van der Waals surface area contributed by atoms with Crippen LogP contribution in [0, 0.1) is 0 Å². The molecule has 0 amide bonds. The third-order valence-electron chi connectivity index (χ3n) is 2.72. The monoisotopic (exact) mass is 285 g/mol. The predicted molar refractivity (Wildman–Crippen MR) is 67.2 cm³/mol. The van der Waals surface area contributed by atoms with Crippen molar-refractivity contribution in [2.45, 2.75) is 18.9 Å². The summed E-state index contributed by atoms with van der Waals surface area (Å²) < 4.78 is 12.0. The lowest BCUT2D eigenvalue weighted by atomic mass is 10.1. The van der Waals surface area contributed by atoms with Crippen LogP contribution in [0.2, 0.25) is 0 Å². The van der Waals surface area contributed by atoms with E-state index < -0.39 is 0 Å². The van der Waals surface area contributed by atoms with Crippen molar-refractivity contribution in [1.82, 2.24) is 5.32 Å². The largest absolute Gasteiger partial charge is 0.497 e. The number of piperidine rings is 1. The summed E-state index contributed by atoms with van der Waals surface area (Å²) in [6, 6.07) is 5.79. The normalized spacial score (nSPS) is 17.1. The zero-order valence-electron chi connectivity index (χ0n) is 9.33. The molecule has 1 aromatic rings. The lowest BCUT2D eigenvalue weighted by Crippen LogP contribution is -2.34. The van der Waals surface area contributed by atoms with Gasteiger partial charge in [0.2, 0.25) is 0 Å². The second kappa shape index (κ2) is 5.55. The van der Waals surface area contributed by atoms with Crippen LogP contribution < -0.4 is 14.8 Å². The quantitative estimate of drug-likeness (QED) is 0.926. The predicted octanol–water partition coefficient (Wildman–Crippen LogP) is 2.59. The highest BCUT2D eigenvalue weighted by Crippen LogP contribution is 2.30. The minimum atomic E-state index is 0.325. The number of hydrogen-bond acceptors (Lipinski definition) is 3. The van der Waals surface area contributed by atoms with Gasteiger partial charge in [-0.2, -0.15) is 0 Å². The van der Waals surface area contributed by atoms with Crippen LogP contribution in [-0.2, 0) is 0 Å². The molecule has 0 spiro atoms. The summed E-state index contributed by atoms with van der Waals surface area (Å²) in [4.78, 5) is 0. The van der Waals surface area contributed by atoms with E-state index in [1.54, 1.807) is 7.11 Å². The molecule has 4 heteroatoms. The maximum atomic E-state index is 5.94. The summed E-state index contributed by atoms with van der Waals surface area (Å²) in [5.74, 6) is 1.73. The van der Waals surface area contributed by atoms with E-state index in [1.807, 2.05) is 18.2 Å². The van der Waals surface area contributed by atoms with Crippen molar-refractivity contribution in [2.24, 2.45) is 0 Å². The number of ether oxygens (including phenoxy) is 2. The molecule has 1 fully saturated rings. The maximum Gasteiger partial charge on any atom is 0.134 e. The van der Waals surface area contributed by atoms with Gasteiger partial charge in [0.1, 0.15) is 17.6 Å². The Morgan fingerprint density at radius 3 is 2.69 bits per heavy atom. The standard InChI is InChI=1S/C12H16BrNO2/c1-15-10-2-3-12(11(13)8-10)16-9-4-6-14-7-5-9/h2-3,8-9,14H,4-7H2,1H3. The van der Waals surface area contributed by atoms with Gasteiger partial charge in [0, 0.05) is 0 Å². The van der Waals surface area contributed by atoms with E-state index in [2.05, 4.69) is 21.2 Å². The van der Waals surface area contributed by atoms with Gasteiger partial charge in [-0.1, -0.05) is 0 Å². The molecule has 88 valence electrons. The Bertz CT molecular complexity index is 351. The van der Waals surface area contributed by atoms with Crippen molar-refractivity contribution in [3.05, 3.63) is 22.7 Å². The Morgan fingerprint density at radius 2 is 2.06 bits per heavy atom. The first-order valence-corrected chi connectivity index (χ1v) is 6.30. The molecule has 0 bridgehead atoms. The van der Waals surface area contributed by atoms with Gasteiger partial charge in [0.25, 0.3) is 0 Å². The molecule has 0 atom stereocenters. The molecule has 16 heavy (non-hydrogen) atoms. The Labute approximate surface area is 104 Å². The number of methoxy groups -OCH3 is 1. The van der Waals surface area contributed by atoms with Gasteiger partial charge in [-0.25, -0.2) is 0 Å². The molecule has 1 aliphatic heterocycles. The van der Waals surface area contributed by atoms with E-state index in [4.69, 9.17) is 9.47 Å². The molecule has 0 radical (unpaired) electrons. The summed E-state index contributed by atoms with van der Waals surface area (Å²) in [6.07, 6.45) is 2.46. The fourth-order valence-corrected chi connectivity index (χ4v) is 2.25. The molecule has 0 aromatic heterocycles. The minimum Gasteiger partial charge on any atom is -0.497 e. The summed E-state index contributed by atoms with van der Waals surface area (Å²) in [5.41, 5.74) is 0. The fourth-order valence-electron chi connectivity index (χ4n) is 1.80. The van der Waals surface area contributed by atoms with E-state index in [-0.39, 0.29) is 0 Å². The second-order valence-electron chi connectivity index (χ2n) is 3.86. The van der Waals surface area contributed by atoms with Gasteiger partial charge in [-0.3, -0.25) is 0 Å². The first-order valence-electron chi connectivity index (χ1n) is 5.50. The third-order valence-corrected chi connectivity index (χ3v) is 3.34. The van der Waals surface area contributed by atoms with Gasteiger partial charge in [0.05, 0.1) is 11.6 Å². The van der Waals surface area contributed by atoms with Crippen LogP contribution >= 0.6 is 15.9 Å². The van der Waals surface area contributed by atoms with Crippen LogP contribution in [0.1, 0.15) is 12.8 Å². The highest BCUT2D eigenvalue weighted by molar-refractivity contribution is 9.10. The van der Waals surface area contributed by atoms with Crippen LogP contribution in [0.15, 0.2) is 22.7 Å². The molecule has 0 aliphatic carbocycles. The Morgan fingerprint density at radius 1 is 1.31 bits per heavy atom. The SMILES string of the molecule is COc1ccc(OC2CCNCC2)c(Br)c1. The Kier molecular flexibility index (Phi) is 4.07. The molecule has 3 nitrogen and oxygen atoms in total. The molecule has 1 heterocycles. The topological polar surface area (TPSA) is 30.5 Å². The van der Waals surface area contributed by atoms with Crippen LogP contribution in [0.4, 0.5) is 0 Å². The smallest absolute Gasteiger partial charge is 0.134 e. The van der Waals surface area contributed by atoms with E-state index in [1.165, 1.54) is 0 Å². The van der Waals surface area contributed by atoms with Crippen molar-refractivity contribution in [3.63, 3.8) is 0 Å².